The van der Waals surface area contributed by atoms with Crippen LogP contribution in [0, 0.1) is 0 Å². The summed E-state index contributed by atoms with van der Waals surface area (Å²) in [6, 6.07) is 26.8. The molecule has 1 aromatic heterocycles. The maximum Gasteiger partial charge on any atom is 0.125 e. The van der Waals surface area contributed by atoms with Gasteiger partial charge in [-0.2, -0.15) is 0 Å². The van der Waals surface area contributed by atoms with Crippen molar-refractivity contribution in [3.8, 4) is 22.4 Å². The molecule has 4 heteroatoms. The number of aromatic nitrogens is 1. The third kappa shape index (κ3) is 4.13. The Morgan fingerprint density at radius 1 is 0.909 bits per heavy atom. The third-order valence-electron chi connectivity index (χ3n) is 6.17. The molecule has 0 amide bonds. The molecule has 164 valence electrons. The Morgan fingerprint density at radius 3 is 2.21 bits per heavy atom. The summed E-state index contributed by atoms with van der Waals surface area (Å²) >= 11 is 0. The van der Waals surface area contributed by atoms with Crippen LogP contribution in [0.15, 0.2) is 91.0 Å². The average molecular weight is 435 g/mol. The van der Waals surface area contributed by atoms with Crippen LogP contribution in [0.3, 0.4) is 0 Å². The zero-order valence-corrected chi connectivity index (χ0v) is 18.6. The number of hydrogen-bond donors (Lipinski definition) is 2. The van der Waals surface area contributed by atoms with E-state index in [2.05, 4.69) is 67.5 Å². The SMILES string of the molecule is C=C(NO)c1cc(-c2ccc(-c3ccc(C4=C(C)CCCO4)cc3)cc2)nc2ccccc12. The molecular formula is C29H26N2O2. The normalized spacial score (nSPS) is 13.6. The van der Waals surface area contributed by atoms with Gasteiger partial charge in [-0.25, -0.2) is 4.98 Å². The van der Waals surface area contributed by atoms with Crippen molar-refractivity contribution in [3.05, 3.63) is 102 Å². The van der Waals surface area contributed by atoms with Crippen LogP contribution in [-0.2, 0) is 4.74 Å². The molecule has 0 saturated carbocycles. The van der Waals surface area contributed by atoms with Gasteiger partial charge in [0.05, 0.1) is 23.5 Å². The van der Waals surface area contributed by atoms with Gasteiger partial charge in [0.25, 0.3) is 0 Å². The van der Waals surface area contributed by atoms with Gasteiger partial charge in [-0.15, -0.1) is 0 Å². The number of nitrogens with one attached hydrogen (secondary N) is 1. The molecule has 2 N–H and O–H groups in total. The molecule has 0 aliphatic carbocycles. The second-order valence-corrected chi connectivity index (χ2v) is 8.38. The number of hydrogen-bond acceptors (Lipinski definition) is 4. The molecule has 0 unspecified atom stereocenters. The van der Waals surface area contributed by atoms with Gasteiger partial charge in [-0.05, 0) is 48.6 Å². The van der Waals surface area contributed by atoms with E-state index in [0.717, 1.165) is 69.6 Å². The summed E-state index contributed by atoms with van der Waals surface area (Å²) in [6.45, 7) is 6.87. The fraction of sp³-hybridized carbons (Fsp3) is 0.138. The molecule has 0 bridgehead atoms. The van der Waals surface area contributed by atoms with E-state index in [4.69, 9.17) is 9.72 Å². The predicted octanol–water partition coefficient (Wildman–Crippen LogP) is 7.06. The zero-order chi connectivity index (χ0) is 22.8. The standard InChI is InChI=1S/C29H26N2O2/c1-19-6-5-17-33-29(19)24-15-11-22(12-16-24)21-9-13-23(14-10-21)28-18-26(20(2)31-32)25-7-3-4-8-27(25)30-28/h3-4,7-16,18,31-32H,2,5-6,17H2,1H3. The van der Waals surface area contributed by atoms with Crippen molar-refractivity contribution >= 4 is 22.4 Å². The quantitative estimate of drug-likeness (QED) is 0.330. The van der Waals surface area contributed by atoms with Crippen LogP contribution in [0.25, 0.3) is 44.7 Å². The second kappa shape index (κ2) is 8.93. The molecular weight excluding hydrogens is 408 g/mol. The zero-order valence-electron chi connectivity index (χ0n) is 18.6. The molecule has 4 nitrogen and oxygen atoms in total. The highest BCUT2D eigenvalue weighted by molar-refractivity contribution is 5.93. The number of allylic oxidation sites excluding steroid dienone is 1. The maximum atomic E-state index is 9.41. The lowest BCUT2D eigenvalue weighted by Crippen LogP contribution is -2.05. The molecule has 0 radical (unpaired) electrons. The Kier molecular flexibility index (Phi) is 5.68. The van der Waals surface area contributed by atoms with Crippen molar-refractivity contribution < 1.29 is 9.94 Å². The Morgan fingerprint density at radius 2 is 1.55 bits per heavy atom. The second-order valence-electron chi connectivity index (χ2n) is 8.38. The van der Waals surface area contributed by atoms with E-state index in [-0.39, 0.29) is 0 Å². The fourth-order valence-corrected chi connectivity index (χ4v) is 4.36. The van der Waals surface area contributed by atoms with E-state index in [1.54, 1.807) is 0 Å². The predicted molar refractivity (Wildman–Crippen MR) is 134 cm³/mol. The number of para-hydroxylation sites is 1. The molecule has 1 aliphatic rings. The lowest BCUT2D eigenvalue weighted by Gasteiger charge is -2.19. The minimum Gasteiger partial charge on any atom is -0.493 e. The van der Waals surface area contributed by atoms with Gasteiger partial charge in [0.2, 0.25) is 0 Å². The van der Waals surface area contributed by atoms with Crippen LogP contribution in [0.5, 0.6) is 0 Å². The van der Waals surface area contributed by atoms with E-state index in [0.29, 0.717) is 5.70 Å². The summed E-state index contributed by atoms with van der Waals surface area (Å²) in [5, 5.41) is 10.3. The Bertz CT molecular complexity index is 1350. The van der Waals surface area contributed by atoms with Crippen LogP contribution in [0.4, 0.5) is 0 Å². The van der Waals surface area contributed by atoms with Crippen LogP contribution in [-0.4, -0.2) is 16.8 Å². The minimum absolute atomic E-state index is 0.443. The number of hydroxylamine groups is 1. The van der Waals surface area contributed by atoms with Gasteiger partial charge < -0.3 is 4.74 Å². The van der Waals surface area contributed by atoms with E-state index < -0.39 is 0 Å². The third-order valence-corrected chi connectivity index (χ3v) is 6.17. The monoisotopic (exact) mass is 434 g/mol. The lowest BCUT2D eigenvalue weighted by atomic mass is 9.98. The number of fused-ring (bicyclic) bond motifs is 1. The van der Waals surface area contributed by atoms with Crippen LogP contribution >= 0.6 is 0 Å². The highest BCUT2D eigenvalue weighted by atomic mass is 16.5. The molecule has 2 heterocycles. The summed E-state index contributed by atoms with van der Waals surface area (Å²) in [7, 11) is 0. The number of benzene rings is 3. The van der Waals surface area contributed by atoms with Gasteiger partial charge in [-0.3, -0.25) is 10.7 Å². The Labute approximate surface area is 193 Å². The fourth-order valence-electron chi connectivity index (χ4n) is 4.36. The molecule has 0 atom stereocenters. The number of rotatable bonds is 5. The van der Waals surface area contributed by atoms with E-state index in [1.165, 1.54) is 5.57 Å². The minimum atomic E-state index is 0.443. The van der Waals surface area contributed by atoms with E-state index in [1.807, 2.05) is 30.3 Å². The van der Waals surface area contributed by atoms with Crippen LogP contribution in [0.2, 0.25) is 0 Å². The number of pyridine rings is 1. The number of nitrogens with zero attached hydrogens (tertiary/aromatic N) is 1. The van der Waals surface area contributed by atoms with Crippen molar-refractivity contribution in [1.82, 2.24) is 10.5 Å². The average Bonchev–Trinajstić information content (AvgIpc) is 2.88. The van der Waals surface area contributed by atoms with Crippen molar-refractivity contribution in [2.24, 2.45) is 0 Å². The molecule has 0 saturated heterocycles. The van der Waals surface area contributed by atoms with Crippen molar-refractivity contribution in [2.45, 2.75) is 19.8 Å². The number of ether oxygens (including phenoxy) is 1. The van der Waals surface area contributed by atoms with Gasteiger partial charge in [0.15, 0.2) is 0 Å². The summed E-state index contributed by atoms with van der Waals surface area (Å²) in [5.74, 6) is 1.03. The van der Waals surface area contributed by atoms with Gasteiger partial charge in [0, 0.05) is 22.1 Å². The topological polar surface area (TPSA) is 54.4 Å². The van der Waals surface area contributed by atoms with Crippen LogP contribution < -0.4 is 5.48 Å². The van der Waals surface area contributed by atoms with Crippen molar-refractivity contribution in [2.75, 3.05) is 6.61 Å². The first-order chi connectivity index (χ1) is 16.1. The highest BCUT2D eigenvalue weighted by Gasteiger charge is 2.13. The van der Waals surface area contributed by atoms with E-state index >= 15 is 0 Å². The molecule has 33 heavy (non-hydrogen) atoms. The van der Waals surface area contributed by atoms with Gasteiger partial charge in [0.1, 0.15) is 5.76 Å². The lowest BCUT2D eigenvalue weighted by molar-refractivity contribution is 0.225. The maximum absolute atomic E-state index is 9.41. The first-order valence-corrected chi connectivity index (χ1v) is 11.2. The summed E-state index contributed by atoms with van der Waals surface area (Å²) in [4.78, 5) is 4.83. The molecule has 1 aliphatic heterocycles. The Balaban J connectivity index is 1.45. The highest BCUT2D eigenvalue weighted by Crippen LogP contribution is 2.31. The summed E-state index contributed by atoms with van der Waals surface area (Å²) < 4.78 is 5.90. The molecule has 0 fully saturated rings. The van der Waals surface area contributed by atoms with Crippen LogP contribution in [0.1, 0.15) is 30.9 Å². The molecule has 4 aromatic rings. The molecule has 3 aromatic carbocycles. The first-order valence-electron chi connectivity index (χ1n) is 11.2. The van der Waals surface area contributed by atoms with Gasteiger partial charge >= 0.3 is 0 Å². The summed E-state index contributed by atoms with van der Waals surface area (Å²) in [6.07, 6.45) is 2.20. The van der Waals surface area contributed by atoms with Crippen molar-refractivity contribution in [3.63, 3.8) is 0 Å². The summed E-state index contributed by atoms with van der Waals surface area (Å²) in [5.41, 5.74) is 10.9. The van der Waals surface area contributed by atoms with Gasteiger partial charge in [-0.1, -0.05) is 73.3 Å². The van der Waals surface area contributed by atoms with E-state index in [9.17, 15) is 5.21 Å². The molecule has 0 spiro atoms. The Hall–Kier alpha value is -3.89. The molecule has 5 rings (SSSR count). The van der Waals surface area contributed by atoms with Crippen molar-refractivity contribution in [1.29, 1.82) is 0 Å². The first kappa shape index (κ1) is 21.0. The largest absolute Gasteiger partial charge is 0.493 e. The smallest absolute Gasteiger partial charge is 0.125 e.